The summed E-state index contributed by atoms with van der Waals surface area (Å²) in [6, 6.07) is 15.3. The Bertz CT molecular complexity index is 865. The van der Waals surface area contributed by atoms with Gasteiger partial charge in [-0.15, -0.1) is 0 Å². The number of benzene rings is 2. The Labute approximate surface area is 196 Å². The van der Waals surface area contributed by atoms with Crippen molar-refractivity contribution in [2.24, 2.45) is 0 Å². The van der Waals surface area contributed by atoms with E-state index in [1.807, 2.05) is 46.0 Å². The molecule has 0 heterocycles. The molecule has 2 aromatic carbocycles. The van der Waals surface area contributed by atoms with Crippen LogP contribution in [0.4, 0.5) is 0 Å². The molecule has 0 bridgehead atoms. The maximum Gasteiger partial charge on any atom is 0.252 e. The van der Waals surface area contributed by atoms with Crippen LogP contribution in [-0.4, -0.2) is 54.6 Å². The minimum atomic E-state index is -0.412. The molecule has 7 heteroatoms. The average molecular weight is 460 g/mol. The first kappa shape index (κ1) is 25.8. The van der Waals surface area contributed by atoms with Gasteiger partial charge in [0.05, 0.1) is 22.7 Å². The third-order valence-electron chi connectivity index (χ3n) is 4.77. The Morgan fingerprint density at radius 1 is 1.06 bits per heavy atom. The molecule has 0 spiro atoms. The fourth-order valence-electron chi connectivity index (χ4n) is 3.20. The number of carbonyl (C=O) groups is 2. The summed E-state index contributed by atoms with van der Waals surface area (Å²) < 4.78 is 0. The number of nitrogens with one attached hydrogen (secondary N) is 1. The van der Waals surface area contributed by atoms with Gasteiger partial charge in [0.15, 0.2) is 0 Å². The molecular weight excluding hydrogens is 426 g/mol. The minimum absolute atomic E-state index is 0.148. The molecule has 0 fully saturated rings. The van der Waals surface area contributed by atoms with E-state index in [4.69, 9.17) is 16.4 Å². The molecule has 0 aliphatic rings. The molecule has 0 atom stereocenters. The average Bonchev–Trinajstić information content (AvgIpc) is 2.73. The predicted molar refractivity (Wildman–Crippen MR) is 128 cm³/mol. The van der Waals surface area contributed by atoms with Crippen molar-refractivity contribution >= 4 is 23.9 Å². The highest BCUT2D eigenvalue weighted by molar-refractivity contribution is 6.33. The number of hydrogen-bond acceptors (Lipinski definition) is 4. The fraction of sp³-hybridized carbons (Fsp3) is 0.440. The molecule has 0 saturated carbocycles. The molecule has 2 amide bonds. The number of aryl methyl sites for hydroxylation is 1. The predicted octanol–water partition coefficient (Wildman–Crippen LogP) is 4.32. The molecule has 0 unspecified atom stereocenters. The van der Waals surface area contributed by atoms with Crippen molar-refractivity contribution in [1.29, 1.82) is 0 Å². The van der Waals surface area contributed by atoms with Crippen LogP contribution in [0, 0.1) is 0 Å². The third-order valence-corrected chi connectivity index (χ3v) is 5.10. The second-order valence-corrected chi connectivity index (χ2v) is 9.25. The van der Waals surface area contributed by atoms with Crippen LogP contribution in [0.2, 0.25) is 5.02 Å². The van der Waals surface area contributed by atoms with Crippen LogP contribution >= 0.6 is 11.6 Å². The van der Waals surface area contributed by atoms with Crippen LogP contribution in [0.3, 0.4) is 0 Å². The van der Waals surface area contributed by atoms with Crippen LogP contribution in [0.1, 0.15) is 48.7 Å². The molecule has 6 nitrogen and oxygen atoms in total. The number of likely N-dealkylation sites (N-methyl/N-ethyl adjacent to an activating group) is 1. The number of hydrogen-bond donors (Lipinski definition) is 1. The lowest BCUT2D eigenvalue weighted by molar-refractivity contribution is -0.220. The zero-order valence-corrected chi connectivity index (χ0v) is 20.2. The van der Waals surface area contributed by atoms with Gasteiger partial charge in [0, 0.05) is 13.1 Å². The summed E-state index contributed by atoms with van der Waals surface area (Å²) in [5.74, 6) is -0.148. The summed E-state index contributed by atoms with van der Waals surface area (Å²) in [6.07, 6.45) is 2.69. The largest absolute Gasteiger partial charge is 0.351 e. The smallest absolute Gasteiger partial charge is 0.252 e. The second kappa shape index (κ2) is 12.6. The van der Waals surface area contributed by atoms with Crippen molar-refractivity contribution in [3.63, 3.8) is 0 Å². The monoisotopic (exact) mass is 459 g/mol. The summed E-state index contributed by atoms with van der Waals surface area (Å²) in [5, 5.41) is 4.71. The molecule has 2 rings (SSSR count). The zero-order chi connectivity index (χ0) is 23.6. The molecule has 0 aliphatic heterocycles. The molecule has 32 heavy (non-hydrogen) atoms. The van der Waals surface area contributed by atoms with Crippen molar-refractivity contribution in [3.05, 3.63) is 70.2 Å². The van der Waals surface area contributed by atoms with E-state index >= 15 is 0 Å². The van der Waals surface area contributed by atoms with Gasteiger partial charge in [-0.1, -0.05) is 48.0 Å². The Hall–Kier alpha value is -2.41. The van der Waals surface area contributed by atoms with E-state index in [1.54, 1.807) is 18.2 Å². The van der Waals surface area contributed by atoms with Crippen LogP contribution in [0.5, 0.6) is 0 Å². The van der Waals surface area contributed by atoms with Gasteiger partial charge in [0.2, 0.25) is 6.41 Å². The Morgan fingerprint density at radius 2 is 1.72 bits per heavy atom. The summed E-state index contributed by atoms with van der Waals surface area (Å²) in [6.45, 7) is 8.43. The standard InChI is InChI=1S/C25H34ClN3O3/c1-25(2,3)32-29(19-30)18-21-13-11-20(12-14-21)8-7-16-28(4)17-15-27-24(31)22-9-5-6-10-23(22)26/h5-6,9-14,19H,7-8,15-18H2,1-4H3,(H,27,31). The van der Waals surface area contributed by atoms with Gasteiger partial charge in [-0.25, -0.2) is 5.06 Å². The summed E-state index contributed by atoms with van der Waals surface area (Å²) in [4.78, 5) is 31.2. The van der Waals surface area contributed by atoms with Crippen molar-refractivity contribution in [2.45, 2.75) is 45.8 Å². The van der Waals surface area contributed by atoms with Gasteiger partial charge in [-0.3, -0.25) is 14.4 Å². The van der Waals surface area contributed by atoms with Gasteiger partial charge >= 0.3 is 0 Å². The van der Waals surface area contributed by atoms with Gasteiger partial charge in [0.1, 0.15) is 0 Å². The highest BCUT2D eigenvalue weighted by Gasteiger charge is 2.16. The molecule has 0 aromatic heterocycles. The summed E-state index contributed by atoms with van der Waals surface area (Å²) in [7, 11) is 2.05. The molecule has 174 valence electrons. The van der Waals surface area contributed by atoms with Crippen molar-refractivity contribution in [2.75, 3.05) is 26.7 Å². The van der Waals surface area contributed by atoms with Crippen molar-refractivity contribution in [3.8, 4) is 0 Å². The lowest BCUT2D eigenvalue weighted by Crippen LogP contribution is -2.33. The SMILES string of the molecule is CN(CCCc1ccc(CN(C=O)OC(C)(C)C)cc1)CCNC(=O)c1ccccc1Cl. The zero-order valence-electron chi connectivity index (χ0n) is 19.4. The number of halogens is 1. The number of amides is 2. The molecule has 0 saturated heterocycles. The number of nitrogens with zero attached hydrogens (tertiary/aromatic N) is 2. The van der Waals surface area contributed by atoms with Gasteiger partial charge in [-0.05, 0) is 70.5 Å². The van der Waals surface area contributed by atoms with E-state index in [0.29, 0.717) is 30.1 Å². The topological polar surface area (TPSA) is 61.9 Å². The summed E-state index contributed by atoms with van der Waals surface area (Å²) in [5.41, 5.74) is 2.37. The molecule has 0 radical (unpaired) electrons. The quantitative estimate of drug-likeness (QED) is 0.379. The molecule has 1 N–H and O–H groups in total. The highest BCUT2D eigenvalue weighted by atomic mass is 35.5. The first-order valence-electron chi connectivity index (χ1n) is 10.9. The van der Waals surface area contributed by atoms with Crippen molar-refractivity contribution < 1.29 is 14.4 Å². The molecular formula is C25H34ClN3O3. The fourth-order valence-corrected chi connectivity index (χ4v) is 3.42. The lowest BCUT2D eigenvalue weighted by Gasteiger charge is -2.26. The van der Waals surface area contributed by atoms with Crippen LogP contribution < -0.4 is 5.32 Å². The minimum Gasteiger partial charge on any atom is -0.351 e. The first-order chi connectivity index (χ1) is 15.2. The Kier molecular flexibility index (Phi) is 10.2. The third kappa shape index (κ3) is 9.39. The van der Waals surface area contributed by atoms with E-state index in [1.165, 1.54) is 10.6 Å². The highest BCUT2D eigenvalue weighted by Crippen LogP contribution is 2.15. The van der Waals surface area contributed by atoms with E-state index in [9.17, 15) is 9.59 Å². The second-order valence-electron chi connectivity index (χ2n) is 8.84. The van der Waals surface area contributed by atoms with E-state index in [2.05, 4.69) is 22.3 Å². The number of carbonyl (C=O) groups excluding carboxylic acids is 2. The lowest BCUT2D eigenvalue weighted by atomic mass is 10.1. The van der Waals surface area contributed by atoms with Crippen molar-refractivity contribution in [1.82, 2.24) is 15.3 Å². The van der Waals surface area contributed by atoms with Crippen LogP contribution in [0.25, 0.3) is 0 Å². The van der Waals surface area contributed by atoms with Gasteiger partial charge in [0.25, 0.3) is 5.91 Å². The van der Waals surface area contributed by atoms with Crippen LogP contribution in [-0.2, 0) is 22.6 Å². The Balaban J connectivity index is 1.68. The molecule has 2 aromatic rings. The normalized spacial score (nSPS) is 11.4. The Morgan fingerprint density at radius 3 is 2.34 bits per heavy atom. The van der Waals surface area contributed by atoms with Gasteiger partial charge < -0.3 is 10.2 Å². The summed E-state index contributed by atoms with van der Waals surface area (Å²) >= 11 is 6.06. The van der Waals surface area contributed by atoms with Gasteiger partial charge in [-0.2, -0.15) is 0 Å². The van der Waals surface area contributed by atoms with Crippen LogP contribution in [0.15, 0.2) is 48.5 Å². The molecule has 0 aliphatic carbocycles. The number of rotatable bonds is 12. The van der Waals surface area contributed by atoms with E-state index < -0.39 is 5.60 Å². The maximum absolute atomic E-state index is 12.2. The number of hydroxylamine groups is 2. The maximum atomic E-state index is 12.2. The first-order valence-corrected chi connectivity index (χ1v) is 11.3. The van der Waals surface area contributed by atoms with E-state index in [-0.39, 0.29) is 5.91 Å². The van der Waals surface area contributed by atoms with E-state index in [0.717, 1.165) is 31.5 Å².